The zero-order valence-corrected chi connectivity index (χ0v) is 21.5. The summed E-state index contributed by atoms with van der Waals surface area (Å²) in [6, 6.07) is 45.3. The lowest BCUT2D eigenvalue weighted by molar-refractivity contribution is 0.601. The van der Waals surface area contributed by atoms with Gasteiger partial charge in [-0.2, -0.15) is 0 Å². The van der Waals surface area contributed by atoms with Gasteiger partial charge in [0.05, 0.1) is 6.26 Å². The highest BCUT2D eigenvalue weighted by Gasteiger charge is 2.22. The number of rotatable bonds is 2. The van der Waals surface area contributed by atoms with Crippen LogP contribution in [0.1, 0.15) is 0 Å². The Morgan fingerprint density at radius 2 is 0.900 bits per heavy atom. The lowest BCUT2D eigenvalue weighted by Gasteiger charge is -2.18. The fourth-order valence-electron chi connectivity index (χ4n) is 6.62. The molecule has 0 aliphatic heterocycles. The number of para-hydroxylation sites is 1. The maximum atomic E-state index is 6.32. The molecular weight excluding hydrogens is 488 g/mol. The zero-order valence-electron chi connectivity index (χ0n) is 21.5. The Bertz CT molecular complexity index is 2370. The third kappa shape index (κ3) is 2.88. The van der Waals surface area contributed by atoms with Gasteiger partial charge in [-0.25, -0.2) is 0 Å². The van der Waals surface area contributed by atoms with Crippen LogP contribution >= 0.6 is 0 Å². The topological polar surface area (TPSA) is 26.3 Å². The van der Waals surface area contributed by atoms with Crippen LogP contribution in [0.2, 0.25) is 0 Å². The molecule has 2 aromatic heterocycles. The molecule has 9 aromatic rings. The van der Waals surface area contributed by atoms with E-state index in [1.807, 2.05) is 24.5 Å². The van der Waals surface area contributed by atoms with Gasteiger partial charge in [-0.05, 0) is 61.6 Å². The van der Waals surface area contributed by atoms with Crippen LogP contribution in [-0.2, 0) is 0 Å². The zero-order chi connectivity index (χ0) is 26.2. The molecule has 0 fully saturated rings. The molecule has 0 atom stereocenters. The quantitative estimate of drug-likeness (QED) is 0.216. The van der Waals surface area contributed by atoms with Crippen molar-refractivity contribution < 1.29 is 8.83 Å². The summed E-state index contributed by atoms with van der Waals surface area (Å²) < 4.78 is 12.6. The predicted molar refractivity (Wildman–Crippen MR) is 167 cm³/mol. The molecule has 0 spiro atoms. The fourth-order valence-corrected chi connectivity index (χ4v) is 6.62. The lowest BCUT2D eigenvalue weighted by Crippen LogP contribution is -1.91. The highest BCUT2D eigenvalue weighted by molar-refractivity contribution is 6.26. The van der Waals surface area contributed by atoms with Crippen molar-refractivity contribution in [3.63, 3.8) is 0 Å². The largest absolute Gasteiger partial charge is 0.460 e. The highest BCUT2D eigenvalue weighted by Crippen LogP contribution is 2.48. The van der Waals surface area contributed by atoms with E-state index < -0.39 is 0 Å². The van der Waals surface area contributed by atoms with E-state index in [0.29, 0.717) is 0 Å². The van der Waals surface area contributed by atoms with Gasteiger partial charge in [0.25, 0.3) is 0 Å². The van der Waals surface area contributed by atoms with Crippen LogP contribution in [0, 0.1) is 0 Å². The second-order valence-electron chi connectivity index (χ2n) is 10.4. The maximum Gasteiger partial charge on any atom is 0.178 e. The first-order valence-electron chi connectivity index (χ1n) is 13.6. The molecular formula is C38H22O2. The van der Waals surface area contributed by atoms with E-state index in [4.69, 9.17) is 8.83 Å². The van der Waals surface area contributed by atoms with Crippen molar-refractivity contribution in [2.75, 3.05) is 0 Å². The van der Waals surface area contributed by atoms with Gasteiger partial charge in [-0.1, -0.05) is 109 Å². The van der Waals surface area contributed by atoms with Crippen molar-refractivity contribution in [2.24, 2.45) is 0 Å². The molecule has 0 aliphatic carbocycles. The van der Waals surface area contributed by atoms with Crippen molar-refractivity contribution >= 4 is 65.2 Å². The monoisotopic (exact) mass is 510 g/mol. The Kier molecular flexibility index (Phi) is 4.36. The van der Waals surface area contributed by atoms with Gasteiger partial charge in [-0.15, -0.1) is 0 Å². The van der Waals surface area contributed by atoms with Gasteiger partial charge in [0.1, 0.15) is 5.58 Å². The minimum Gasteiger partial charge on any atom is -0.460 e. The Labute approximate surface area is 229 Å². The molecule has 186 valence electrons. The predicted octanol–water partition coefficient (Wildman–Crippen LogP) is 11.1. The van der Waals surface area contributed by atoms with E-state index in [-0.39, 0.29) is 0 Å². The van der Waals surface area contributed by atoms with E-state index in [0.717, 1.165) is 38.5 Å². The Balaban J connectivity index is 1.42. The third-order valence-electron chi connectivity index (χ3n) is 8.35. The normalized spacial score (nSPS) is 12.0. The first-order valence-corrected chi connectivity index (χ1v) is 13.6. The van der Waals surface area contributed by atoms with Crippen LogP contribution in [-0.4, -0.2) is 0 Å². The molecule has 7 aromatic carbocycles. The van der Waals surface area contributed by atoms with E-state index in [9.17, 15) is 0 Å². The van der Waals surface area contributed by atoms with Crippen molar-refractivity contribution in [1.82, 2.24) is 0 Å². The molecule has 0 unspecified atom stereocenters. The minimum absolute atomic E-state index is 0.787. The fraction of sp³-hybridized carbons (Fsp3) is 0. The van der Waals surface area contributed by atoms with E-state index in [1.54, 1.807) is 0 Å². The summed E-state index contributed by atoms with van der Waals surface area (Å²) in [4.78, 5) is 0. The smallest absolute Gasteiger partial charge is 0.178 e. The standard InChI is InChI=1S/C38H22O2/c1-2-12-24-23(10-1)11-9-18-26(24)35-27-14-3-5-16-29(27)36(30-17-6-4-15-28(30)35)33-22-39-37-32(33)21-20-31-25-13-7-8-19-34(25)40-38(31)37/h1-22H. The summed E-state index contributed by atoms with van der Waals surface area (Å²) in [5.41, 5.74) is 7.23. The first kappa shape index (κ1) is 21.6. The van der Waals surface area contributed by atoms with Gasteiger partial charge < -0.3 is 8.83 Å². The van der Waals surface area contributed by atoms with Gasteiger partial charge in [-0.3, -0.25) is 0 Å². The molecule has 0 saturated heterocycles. The molecule has 0 aliphatic rings. The maximum absolute atomic E-state index is 6.32. The second kappa shape index (κ2) is 8.08. The van der Waals surface area contributed by atoms with Gasteiger partial charge >= 0.3 is 0 Å². The van der Waals surface area contributed by atoms with Crippen molar-refractivity contribution in [2.45, 2.75) is 0 Å². The van der Waals surface area contributed by atoms with Crippen molar-refractivity contribution in [3.8, 4) is 22.3 Å². The summed E-state index contributed by atoms with van der Waals surface area (Å²) in [5.74, 6) is 0. The summed E-state index contributed by atoms with van der Waals surface area (Å²) in [6.07, 6.45) is 1.91. The van der Waals surface area contributed by atoms with Crippen LogP contribution in [0.15, 0.2) is 142 Å². The molecule has 0 bridgehead atoms. The summed E-state index contributed by atoms with van der Waals surface area (Å²) >= 11 is 0. The van der Waals surface area contributed by atoms with Crippen LogP contribution in [0.5, 0.6) is 0 Å². The molecule has 0 saturated carbocycles. The molecule has 40 heavy (non-hydrogen) atoms. The molecule has 2 nitrogen and oxygen atoms in total. The van der Waals surface area contributed by atoms with E-state index in [1.165, 1.54) is 49.0 Å². The Morgan fingerprint density at radius 1 is 0.350 bits per heavy atom. The molecule has 0 N–H and O–H groups in total. The van der Waals surface area contributed by atoms with Crippen LogP contribution in [0.4, 0.5) is 0 Å². The molecule has 2 heteroatoms. The van der Waals surface area contributed by atoms with Crippen molar-refractivity contribution in [3.05, 3.63) is 134 Å². The molecule has 2 heterocycles. The van der Waals surface area contributed by atoms with E-state index >= 15 is 0 Å². The minimum atomic E-state index is 0.787. The highest BCUT2D eigenvalue weighted by atomic mass is 16.4. The van der Waals surface area contributed by atoms with E-state index in [2.05, 4.69) is 109 Å². The number of furan rings is 2. The molecule has 0 amide bonds. The van der Waals surface area contributed by atoms with Gasteiger partial charge in [0, 0.05) is 27.3 Å². The Morgan fingerprint density at radius 3 is 1.62 bits per heavy atom. The van der Waals surface area contributed by atoms with Gasteiger partial charge in [0.15, 0.2) is 11.2 Å². The van der Waals surface area contributed by atoms with Crippen LogP contribution in [0.3, 0.4) is 0 Å². The Hall–Kier alpha value is -5.34. The van der Waals surface area contributed by atoms with Crippen LogP contribution < -0.4 is 0 Å². The number of benzene rings is 7. The van der Waals surface area contributed by atoms with Crippen molar-refractivity contribution in [1.29, 1.82) is 0 Å². The molecule has 0 radical (unpaired) electrons. The first-order chi connectivity index (χ1) is 19.9. The number of hydrogen-bond donors (Lipinski definition) is 0. The summed E-state index contributed by atoms with van der Waals surface area (Å²) in [5, 5.41) is 10.6. The number of hydrogen-bond acceptors (Lipinski definition) is 2. The second-order valence-corrected chi connectivity index (χ2v) is 10.4. The summed E-state index contributed by atoms with van der Waals surface area (Å²) in [7, 11) is 0. The number of fused-ring (bicyclic) bond motifs is 8. The van der Waals surface area contributed by atoms with Crippen LogP contribution in [0.25, 0.3) is 87.5 Å². The SMILES string of the molecule is c1ccc2c(-c3c4ccccc4c(-c4coc5c4ccc4c6ccccc6oc45)c4ccccc34)cccc2c1. The lowest BCUT2D eigenvalue weighted by atomic mass is 9.84. The molecule has 9 rings (SSSR count). The average Bonchev–Trinajstić information content (AvgIpc) is 3.61. The average molecular weight is 511 g/mol. The third-order valence-corrected chi connectivity index (χ3v) is 8.35. The summed E-state index contributed by atoms with van der Waals surface area (Å²) in [6.45, 7) is 0. The van der Waals surface area contributed by atoms with Gasteiger partial charge in [0.2, 0.25) is 0 Å².